The highest BCUT2D eigenvalue weighted by Gasteiger charge is 2.58. The molecule has 4 heteroatoms. The second-order valence-corrected chi connectivity index (χ2v) is 7.29. The number of fused-ring (bicyclic) bond motifs is 1. The van der Waals surface area contributed by atoms with E-state index in [1.165, 1.54) is 12.8 Å². The summed E-state index contributed by atoms with van der Waals surface area (Å²) in [7, 11) is 0. The van der Waals surface area contributed by atoms with Crippen molar-refractivity contribution in [3.63, 3.8) is 0 Å². The van der Waals surface area contributed by atoms with Gasteiger partial charge in [0.15, 0.2) is 0 Å². The van der Waals surface area contributed by atoms with Gasteiger partial charge in [0.05, 0.1) is 18.8 Å². The number of ether oxygens (including phenoxy) is 1. The first-order valence-electron chi connectivity index (χ1n) is 7.21. The smallest absolute Gasteiger partial charge is 0.237 e. The monoisotopic (exact) mass is 250 g/mol. The molecule has 2 N–H and O–H groups in total. The molecule has 2 aliphatic carbocycles. The largest absolute Gasteiger partial charge is 0.376 e. The van der Waals surface area contributed by atoms with Crippen LogP contribution in [0.25, 0.3) is 0 Å². The molecule has 18 heavy (non-hydrogen) atoms. The minimum absolute atomic E-state index is 0.0108. The normalized spacial score (nSPS) is 52.0. The summed E-state index contributed by atoms with van der Waals surface area (Å²) >= 11 is 0. The van der Waals surface area contributed by atoms with Crippen molar-refractivity contribution < 1.29 is 9.53 Å². The molecule has 4 nitrogen and oxygen atoms in total. The fourth-order valence-corrected chi connectivity index (χ4v) is 4.68. The molecular formula is C14H22N2O2. The van der Waals surface area contributed by atoms with Crippen LogP contribution < -0.4 is 10.6 Å². The molecule has 1 amide bonds. The quantitative estimate of drug-likeness (QED) is 0.751. The van der Waals surface area contributed by atoms with Crippen LogP contribution in [-0.2, 0) is 9.53 Å². The zero-order valence-corrected chi connectivity index (χ0v) is 11.1. The van der Waals surface area contributed by atoms with Crippen LogP contribution in [-0.4, -0.2) is 37.2 Å². The van der Waals surface area contributed by atoms with Crippen LogP contribution in [0, 0.1) is 23.2 Å². The van der Waals surface area contributed by atoms with Crippen molar-refractivity contribution in [2.45, 2.75) is 44.9 Å². The molecule has 6 atom stereocenters. The molecule has 2 unspecified atom stereocenters. The van der Waals surface area contributed by atoms with Crippen LogP contribution in [0.4, 0.5) is 0 Å². The van der Waals surface area contributed by atoms with E-state index in [0.717, 1.165) is 30.9 Å². The summed E-state index contributed by atoms with van der Waals surface area (Å²) in [5.74, 6) is 2.47. The second-order valence-electron chi connectivity index (χ2n) is 7.29. The Labute approximate surface area is 108 Å². The number of amides is 1. The molecule has 100 valence electrons. The van der Waals surface area contributed by atoms with Crippen molar-refractivity contribution in [2.24, 2.45) is 23.2 Å². The van der Waals surface area contributed by atoms with Crippen molar-refractivity contribution in [3.8, 4) is 0 Å². The van der Waals surface area contributed by atoms with Gasteiger partial charge in [-0.25, -0.2) is 0 Å². The maximum absolute atomic E-state index is 12.0. The molecule has 4 fully saturated rings. The molecule has 2 saturated carbocycles. The van der Waals surface area contributed by atoms with Gasteiger partial charge in [-0.15, -0.1) is 0 Å². The van der Waals surface area contributed by atoms with Gasteiger partial charge in [0.2, 0.25) is 5.91 Å². The number of carbonyl (C=O) groups is 1. The predicted octanol–water partition coefficient (Wildman–Crippen LogP) is 0.524. The van der Waals surface area contributed by atoms with Gasteiger partial charge >= 0.3 is 0 Å². The first-order chi connectivity index (χ1) is 8.56. The highest BCUT2D eigenvalue weighted by atomic mass is 16.5. The van der Waals surface area contributed by atoms with Crippen molar-refractivity contribution in [1.29, 1.82) is 0 Å². The third kappa shape index (κ3) is 1.36. The Hall–Kier alpha value is -0.610. The van der Waals surface area contributed by atoms with Crippen LogP contribution in [0.5, 0.6) is 0 Å². The van der Waals surface area contributed by atoms with Gasteiger partial charge in [-0.1, -0.05) is 13.8 Å². The molecule has 2 bridgehead atoms. The molecule has 4 aliphatic rings. The lowest BCUT2D eigenvalue weighted by Crippen LogP contribution is -2.54. The first kappa shape index (κ1) is 11.2. The lowest BCUT2D eigenvalue weighted by Gasteiger charge is -2.33. The molecule has 2 saturated heterocycles. The van der Waals surface area contributed by atoms with Crippen LogP contribution >= 0.6 is 0 Å². The molecule has 0 radical (unpaired) electrons. The van der Waals surface area contributed by atoms with Crippen molar-refractivity contribution in [3.05, 3.63) is 0 Å². The molecule has 0 spiro atoms. The Kier molecular flexibility index (Phi) is 2.17. The van der Waals surface area contributed by atoms with Gasteiger partial charge in [-0.05, 0) is 30.6 Å². The Bertz CT molecular complexity index is 393. The van der Waals surface area contributed by atoms with E-state index in [2.05, 4.69) is 24.5 Å². The van der Waals surface area contributed by atoms with E-state index in [0.29, 0.717) is 12.1 Å². The summed E-state index contributed by atoms with van der Waals surface area (Å²) in [6.45, 7) is 6.05. The Morgan fingerprint density at radius 3 is 2.89 bits per heavy atom. The molecule has 2 aliphatic heterocycles. The van der Waals surface area contributed by atoms with Crippen molar-refractivity contribution >= 4 is 5.91 Å². The fourth-order valence-electron chi connectivity index (χ4n) is 4.68. The lowest BCUT2D eigenvalue weighted by atomic mass is 9.83. The molecule has 0 aromatic carbocycles. The summed E-state index contributed by atoms with van der Waals surface area (Å²) in [4.78, 5) is 12.0. The third-order valence-corrected chi connectivity index (χ3v) is 5.69. The Balaban J connectivity index is 1.54. The molecule has 0 aromatic rings. The van der Waals surface area contributed by atoms with Crippen molar-refractivity contribution in [1.82, 2.24) is 10.6 Å². The summed E-state index contributed by atoms with van der Waals surface area (Å²) in [5.41, 5.74) is 0.0108. The first-order valence-corrected chi connectivity index (χ1v) is 7.21. The second kappa shape index (κ2) is 3.48. The van der Waals surface area contributed by atoms with E-state index in [4.69, 9.17) is 4.74 Å². The topological polar surface area (TPSA) is 50.4 Å². The predicted molar refractivity (Wildman–Crippen MR) is 66.9 cm³/mol. The number of hydrogen-bond donors (Lipinski definition) is 2. The van der Waals surface area contributed by atoms with Gasteiger partial charge < -0.3 is 10.1 Å². The highest BCUT2D eigenvalue weighted by Crippen LogP contribution is 2.54. The number of nitrogens with one attached hydrogen (secondary N) is 2. The summed E-state index contributed by atoms with van der Waals surface area (Å²) < 4.78 is 5.96. The minimum atomic E-state index is -0.0514. The minimum Gasteiger partial charge on any atom is -0.376 e. The number of rotatable bonds is 2. The van der Waals surface area contributed by atoms with Crippen LogP contribution in [0.1, 0.15) is 26.7 Å². The van der Waals surface area contributed by atoms with E-state index in [9.17, 15) is 4.79 Å². The van der Waals surface area contributed by atoms with E-state index >= 15 is 0 Å². The van der Waals surface area contributed by atoms with Gasteiger partial charge in [-0.2, -0.15) is 0 Å². The third-order valence-electron chi connectivity index (χ3n) is 5.69. The number of hydrogen-bond acceptors (Lipinski definition) is 3. The zero-order valence-electron chi connectivity index (χ0n) is 11.1. The maximum Gasteiger partial charge on any atom is 0.237 e. The Morgan fingerprint density at radius 1 is 1.33 bits per heavy atom. The van der Waals surface area contributed by atoms with Crippen LogP contribution in [0.15, 0.2) is 0 Å². The molecular weight excluding hydrogens is 228 g/mol. The lowest BCUT2D eigenvalue weighted by molar-refractivity contribution is -0.122. The van der Waals surface area contributed by atoms with Gasteiger partial charge in [0.25, 0.3) is 0 Å². The van der Waals surface area contributed by atoms with Crippen LogP contribution in [0.3, 0.4) is 0 Å². The summed E-state index contributed by atoms with van der Waals surface area (Å²) in [5, 5.41) is 6.62. The van der Waals surface area contributed by atoms with E-state index in [1.807, 2.05) is 0 Å². The highest BCUT2D eigenvalue weighted by molar-refractivity contribution is 5.85. The average molecular weight is 250 g/mol. The van der Waals surface area contributed by atoms with Gasteiger partial charge in [-0.3, -0.25) is 10.1 Å². The number of carbonyl (C=O) groups excluding carboxylic acids is 1. The standard InChI is InChI=1S/C14H22N2O2/c1-14(2)6-15-13(17)12(14)16-10-7-3-8-5-18-11(10)9(8)4-7/h7-12,16H,3-6H2,1-2H3,(H,15,17)/t7-,8-,9+,10?,11+,12?/m1/s1. The SMILES string of the molecule is CC1(C)CNC(=O)C1NC1[C@@H]2C[C@@H]3CO[C@H]1[C@H]3C2. The van der Waals surface area contributed by atoms with E-state index < -0.39 is 0 Å². The summed E-state index contributed by atoms with van der Waals surface area (Å²) in [6, 6.07) is 0.353. The van der Waals surface area contributed by atoms with Crippen molar-refractivity contribution in [2.75, 3.05) is 13.2 Å². The molecule has 4 rings (SSSR count). The molecule has 2 heterocycles. The van der Waals surface area contributed by atoms with Crippen LogP contribution in [0.2, 0.25) is 0 Å². The summed E-state index contributed by atoms with van der Waals surface area (Å²) in [6.07, 6.45) is 2.98. The molecule has 0 aromatic heterocycles. The average Bonchev–Trinajstić information content (AvgIpc) is 2.96. The fraction of sp³-hybridized carbons (Fsp3) is 0.929. The van der Waals surface area contributed by atoms with Gasteiger partial charge in [0.1, 0.15) is 0 Å². The zero-order chi connectivity index (χ0) is 12.5. The Morgan fingerprint density at radius 2 is 2.17 bits per heavy atom. The maximum atomic E-state index is 12.0. The van der Waals surface area contributed by atoms with Gasteiger partial charge in [0, 0.05) is 18.0 Å². The van der Waals surface area contributed by atoms with E-state index in [-0.39, 0.29) is 17.4 Å². The van der Waals surface area contributed by atoms with E-state index in [1.54, 1.807) is 0 Å².